The van der Waals surface area contributed by atoms with Gasteiger partial charge in [0.25, 0.3) is 5.91 Å². The van der Waals surface area contributed by atoms with E-state index < -0.39 is 0 Å². The molecule has 0 saturated heterocycles. The third-order valence-corrected chi connectivity index (χ3v) is 3.24. The van der Waals surface area contributed by atoms with Crippen LogP contribution in [0.4, 0.5) is 5.69 Å². The van der Waals surface area contributed by atoms with Gasteiger partial charge in [-0.05, 0) is 43.3 Å². The van der Waals surface area contributed by atoms with Crippen LogP contribution in [0.3, 0.4) is 0 Å². The van der Waals surface area contributed by atoms with Crippen molar-refractivity contribution in [2.24, 2.45) is 0 Å². The number of rotatable bonds is 5. The summed E-state index contributed by atoms with van der Waals surface area (Å²) in [5.74, 6) is -0.0258. The summed E-state index contributed by atoms with van der Waals surface area (Å²) < 4.78 is 0.584. The van der Waals surface area contributed by atoms with Crippen LogP contribution < -0.4 is 5.32 Å². The molecule has 2 rings (SSSR count). The molecular weight excluding hydrogens is 270 g/mol. The van der Waals surface area contributed by atoms with Crippen LogP contribution in [0.2, 0.25) is 0 Å². The summed E-state index contributed by atoms with van der Waals surface area (Å²) in [6.07, 6.45) is 4.62. The zero-order valence-corrected chi connectivity index (χ0v) is 12.6. The molecule has 0 spiro atoms. The molecule has 2 aromatic rings. The Morgan fingerprint density at radius 2 is 2.05 bits per heavy atom. The highest BCUT2D eigenvalue weighted by Crippen LogP contribution is 2.18. The van der Waals surface area contributed by atoms with Crippen molar-refractivity contribution in [1.82, 2.24) is 9.97 Å². The summed E-state index contributed by atoms with van der Waals surface area (Å²) in [7, 11) is 0. The van der Waals surface area contributed by atoms with Crippen LogP contribution in [0.25, 0.3) is 11.0 Å². The number of carbonyl (C=O) groups excluding carboxylic acids is 1. The van der Waals surface area contributed by atoms with Crippen LogP contribution in [-0.4, -0.2) is 15.9 Å². The molecule has 20 heavy (non-hydrogen) atoms. The number of hydrogen-bond donors (Lipinski definition) is 3. The molecule has 0 bridgehead atoms. The van der Waals surface area contributed by atoms with E-state index in [-0.39, 0.29) is 5.91 Å². The molecule has 0 aliphatic rings. The van der Waals surface area contributed by atoms with Gasteiger partial charge >= 0.3 is 0 Å². The number of amides is 1. The van der Waals surface area contributed by atoms with Crippen molar-refractivity contribution < 1.29 is 4.79 Å². The molecule has 0 atom stereocenters. The average Bonchev–Trinajstić information content (AvgIpc) is 2.77. The summed E-state index contributed by atoms with van der Waals surface area (Å²) in [5.41, 5.74) is 3.44. The topological polar surface area (TPSA) is 60.7 Å². The van der Waals surface area contributed by atoms with Crippen molar-refractivity contribution in [3.8, 4) is 0 Å². The molecule has 1 aromatic carbocycles. The number of nitrogens with one attached hydrogen (secondary N) is 3. The fraction of sp³-hybridized carbons (Fsp3) is 0.333. The molecule has 0 saturated carbocycles. The normalized spacial score (nSPS) is 11.8. The van der Waals surface area contributed by atoms with Gasteiger partial charge in [0.1, 0.15) is 0 Å². The van der Waals surface area contributed by atoms with Crippen molar-refractivity contribution >= 4 is 34.8 Å². The Balaban J connectivity index is 2.20. The summed E-state index contributed by atoms with van der Waals surface area (Å²) in [5, 5.41) is 2.94. The largest absolute Gasteiger partial charge is 0.331 e. The minimum absolute atomic E-state index is 0.0258. The van der Waals surface area contributed by atoms with E-state index in [4.69, 9.17) is 12.2 Å². The van der Waals surface area contributed by atoms with Gasteiger partial charge in [-0.2, -0.15) is 0 Å². The van der Waals surface area contributed by atoms with Crippen molar-refractivity contribution in [3.63, 3.8) is 0 Å². The Hall–Kier alpha value is -1.88. The lowest BCUT2D eigenvalue weighted by Crippen LogP contribution is -2.14. The molecular formula is C15H19N3OS. The first kappa shape index (κ1) is 14.5. The Morgan fingerprint density at radius 1 is 1.30 bits per heavy atom. The monoisotopic (exact) mass is 289 g/mol. The van der Waals surface area contributed by atoms with Crippen LogP contribution in [-0.2, 0) is 4.79 Å². The highest BCUT2D eigenvalue weighted by atomic mass is 32.1. The molecule has 0 aliphatic heterocycles. The first-order valence-corrected chi connectivity index (χ1v) is 7.27. The van der Waals surface area contributed by atoms with Gasteiger partial charge in [0.05, 0.1) is 11.0 Å². The molecule has 1 amide bonds. The van der Waals surface area contributed by atoms with Crippen molar-refractivity contribution in [1.29, 1.82) is 0 Å². The molecule has 4 nitrogen and oxygen atoms in total. The van der Waals surface area contributed by atoms with E-state index >= 15 is 0 Å². The van der Waals surface area contributed by atoms with Gasteiger partial charge in [0, 0.05) is 11.3 Å². The number of aromatic amines is 2. The van der Waals surface area contributed by atoms with Gasteiger partial charge in [0.2, 0.25) is 0 Å². The number of fused-ring (bicyclic) bond motifs is 1. The first-order chi connectivity index (χ1) is 9.63. The molecule has 0 radical (unpaired) electrons. The highest BCUT2D eigenvalue weighted by molar-refractivity contribution is 7.71. The summed E-state index contributed by atoms with van der Waals surface area (Å²) >= 11 is 5.05. The Morgan fingerprint density at radius 3 is 2.75 bits per heavy atom. The van der Waals surface area contributed by atoms with E-state index in [2.05, 4.69) is 22.2 Å². The predicted octanol–water partition coefficient (Wildman–Crippen LogP) is 4.30. The minimum atomic E-state index is -0.0258. The van der Waals surface area contributed by atoms with E-state index in [1.165, 1.54) is 0 Å². The molecule has 0 fully saturated rings. The SMILES string of the molecule is CC/C=C(/CCC)C(=O)Nc1ccc2[nH]c(=S)[nH]c2c1. The van der Waals surface area contributed by atoms with Crippen LogP contribution in [0.1, 0.15) is 33.1 Å². The van der Waals surface area contributed by atoms with Gasteiger partial charge in [-0.25, -0.2) is 0 Å². The van der Waals surface area contributed by atoms with E-state index in [9.17, 15) is 4.79 Å². The van der Waals surface area contributed by atoms with Crippen molar-refractivity contribution in [2.45, 2.75) is 33.1 Å². The quantitative estimate of drug-likeness (QED) is 0.567. The smallest absolute Gasteiger partial charge is 0.251 e. The van der Waals surface area contributed by atoms with E-state index in [0.29, 0.717) is 4.77 Å². The number of hydrogen-bond acceptors (Lipinski definition) is 2. The molecule has 0 aliphatic carbocycles. The minimum Gasteiger partial charge on any atom is -0.331 e. The Kier molecular flexibility index (Phi) is 4.74. The van der Waals surface area contributed by atoms with Crippen LogP contribution >= 0.6 is 12.2 Å². The van der Waals surface area contributed by atoms with E-state index in [1.807, 2.05) is 31.2 Å². The summed E-state index contributed by atoms with van der Waals surface area (Å²) in [6, 6.07) is 5.66. The van der Waals surface area contributed by atoms with Gasteiger partial charge in [-0.3, -0.25) is 4.79 Å². The lowest BCUT2D eigenvalue weighted by molar-refractivity contribution is -0.113. The highest BCUT2D eigenvalue weighted by Gasteiger charge is 2.09. The second kappa shape index (κ2) is 6.52. The maximum absolute atomic E-state index is 12.2. The van der Waals surface area contributed by atoms with Gasteiger partial charge < -0.3 is 15.3 Å². The Labute approximate surface area is 123 Å². The molecule has 0 unspecified atom stereocenters. The lowest BCUT2D eigenvalue weighted by Gasteiger charge is -2.08. The maximum atomic E-state index is 12.2. The van der Waals surface area contributed by atoms with E-state index in [1.54, 1.807) is 0 Å². The number of carbonyl (C=O) groups is 1. The third-order valence-electron chi connectivity index (χ3n) is 3.04. The lowest BCUT2D eigenvalue weighted by atomic mass is 10.1. The molecule has 3 N–H and O–H groups in total. The molecule has 5 heteroatoms. The number of H-pyrrole nitrogens is 2. The van der Waals surface area contributed by atoms with Gasteiger partial charge in [-0.15, -0.1) is 0 Å². The number of allylic oxidation sites excluding steroid dienone is 1. The molecule has 1 heterocycles. The van der Waals surface area contributed by atoms with Crippen LogP contribution in [0, 0.1) is 4.77 Å². The second-order valence-electron chi connectivity index (χ2n) is 4.68. The fourth-order valence-corrected chi connectivity index (χ4v) is 2.37. The standard InChI is InChI=1S/C15H19N3OS/c1-3-5-10(6-4-2)14(19)16-11-7-8-12-13(9-11)18-15(20)17-12/h5,7-9H,3-4,6H2,1-2H3,(H,16,19)(H2,17,18,20)/b10-5-. The summed E-state index contributed by atoms with van der Waals surface area (Å²) in [6.45, 7) is 4.11. The maximum Gasteiger partial charge on any atom is 0.251 e. The molecule has 106 valence electrons. The number of imidazole rings is 1. The van der Waals surface area contributed by atoms with Crippen LogP contribution in [0.15, 0.2) is 29.8 Å². The fourth-order valence-electron chi connectivity index (χ4n) is 2.15. The van der Waals surface area contributed by atoms with Gasteiger partial charge in [0.15, 0.2) is 4.77 Å². The molecule has 1 aromatic heterocycles. The van der Waals surface area contributed by atoms with Crippen molar-refractivity contribution in [2.75, 3.05) is 5.32 Å². The zero-order chi connectivity index (χ0) is 14.5. The Bertz CT molecular complexity index is 696. The number of anilines is 1. The number of benzene rings is 1. The summed E-state index contributed by atoms with van der Waals surface area (Å²) in [4.78, 5) is 18.3. The van der Waals surface area contributed by atoms with Crippen molar-refractivity contribution in [3.05, 3.63) is 34.6 Å². The van der Waals surface area contributed by atoms with E-state index in [0.717, 1.165) is 41.6 Å². The zero-order valence-electron chi connectivity index (χ0n) is 11.7. The average molecular weight is 289 g/mol. The first-order valence-electron chi connectivity index (χ1n) is 6.86. The second-order valence-corrected chi connectivity index (χ2v) is 5.09. The van der Waals surface area contributed by atoms with Crippen LogP contribution in [0.5, 0.6) is 0 Å². The van der Waals surface area contributed by atoms with Gasteiger partial charge in [-0.1, -0.05) is 26.3 Å². The predicted molar refractivity (Wildman–Crippen MR) is 85.4 cm³/mol. The number of aromatic nitrogens is 2. The third kappa shape index (κ3) is 3.36.